The molecular formula is C11H19NOS. The molecule has 1 aromatic heterocycles. The Morgan fingerprint density at radius 3 is 2.29 bits per heavy atom. The van der Waals surface area contributed by atoms with Crippen molar-refractivity contribution in [2.75, 3.05) is 12.0 Å². The van der Waals surface area contributed by atoms with Crippen LogP contribution in [0.4, 0.5) is 0 Å². The normalized spacial score (nSPS) is 15.4. The molecule has 0 bridgehead atoms. The van der Waals surface area contributed by atoms with Crippen molar-refractivity contribution in [2.24, 2.45) is 0 Å². The van der Waals surface area contributed by atoms with Crippen LogP contribution in [0.15, 0.2) is 12.1 Å². The van der Waals surface area contributed by atoms with Crippen LogP contribution in [0, 0.1) is 13.8 Å². The highest BCUT2D eigenvalue weighted by Crippen LogP contribution is 2.18. The molecule has 2 atom stereocenters. The summed E-state index contributed by atoms with van der Waals surface area (Å²) in [6, 6.07) is 4.72. The molecule has 2 unspecified atom stereocenters. The lowest BCUT2D eigenvalue weighted by Crippen LogP contribution is -2.11. The van der Waals surface area contributed by atoms with Gasteiger partial charge in [-0.05, 0) is 39.3 Å². The van der Waals surface area contributed by atoms with Gasteiger partial charge in [-0.2, -0.15) is 0 Å². The molecular weight excluding hydrogens is 194 g/mol. The molecule has 1 aromatic rings. The Hall–Kier alpha value is -0.570. The Kier molecular flexibility index (Phi) is 3.93. The van der Waals surface area contributed by atoms with Gasteiger partial charge in [-0.1, -0.05) is 0 Å². The predicted molar refractivity (Wildman–Crippen MR) is 62.2 cm³/mol. The lowest BCUT2D eigenvalue weighted by Gasteiger charge is -2.17. The highest BCUT2D eigenvalue weighted by atomic mass is 32.2. The third-order valence-corrected chi connectivity index (χ3v) is 3.40. The van der Waals surface area contributed by atoms with Crippen molar-refractivity contribution in [3.05, 3.63) is 23.5 Å². The van der Waals surface area contributed by atoms with E-state index in [-0.39, 0.29) is 0 Å². The number of rotatable bonds is 4. The van der Waals surface area contributed by atoms with Crippen LogP contribution in [-0.4, -0.2) is 20.8 Å². The molecule has 0 radical (unpaired) electrons. The first-order chi connectivity index (χ1) is 6.52. The van der Waals surface area contributed by atoms with Gasteiger partial charge < -0.3 is 4.57 Å². The van der Waals surface area contributed by atoms with Gasteiger partial charge >= 0.3 is 0 Å². The average molecular weight is 213 g/mol. The Labute approximate surface area is 88.8 Å². The van der Waals surface area contributed by atoms with Crippen LogP contribution < -0.4 is 0 Å². The van der Waals surface area contributed by atoms with Gasteiger partial charge in [0.05, 0.1) is 0 Å². The van der Waals surface area contributed by atoms with Crippen molar-refractivity contribution >= 4 is 10.8 Å². The molecule has 0 aliphatic heterocycles. The number of hydrogen-bond acceptors (Lipinski definition) is 1. The largest absolute Gasteiger partial charge is 0.346 e. The maximum Gasteiger partial charge on any atom is 0.0316 e. The molecule has 0 amide bonds. The van der Waals surface area contributed by atoms with E-state index in [1.807, 2.05) is 0 Å². The maximum atomic E-state index is 11.0. The summed E-state index contributed by atoms with van der Waals surface area (Å²) < 4.78 is 13.3. The Morgan fingerprint density at radius 2 is 1.86 bits per heavy atom. The first kappa shape index (κ1) is 11.5. The van der Waals surface area contributed by atoms with E-state index in [0.29, 0.717) is 6.04 Å². The fourth-order valence-electron chi connectivity index (χ4n) is 1.84. The van der Waals surface area contributed by atoms with E-state index in [1.165, 1.54) is 11.4 Å². The molecule has 0 saturated heterocycles. The minimum Gasteiger partial charge on any atom is -0.346 e. The molecule has 1 heterocycles. The molecule has 1 rings (SSSR count). The second-order valence-electron chi connectivity index (χ2n) is 3.90. The van der Waals surface area contributed by atoms with Crippen molar-refractivity contribution < 1.29 is 4.21 Å². The van der Waals surface area contributed by atoms with Crippen LogP contribution in [0.5, 0.6) is 0 Å². The summed E-state index contributed by atoms with van der Waals surface area (Å²) in [5, 5.41) is 0. The molecule has 0 saturated carbocycles. The van der Waals surface area contributed by atoms with Gasteiger partial charge in [0.15, 0.2) is 0 Å². The fourth-order valence-corrected chi connectivity index (χ4v) is 2.51. The van der Waals surface area contributed by atoms with Crippen molar-refractivity contribution in [2.45, 2.75) is 33.2 Å². The van der Waals surface area contributed by atoms with Crippen molar-refractivity contribution in [1.29, 1.82) is 0 Å². The Morgan fingerprint density at radius 1 is 1.36 bits per heavy atom. The molecule has 0 aliphatic carbocycles. The third kappa shape index (κ3) is 2.71. The zero-order chi connectivity index (χ0) is 10.7. The average Bonchev–Trinajstić information content (AvgIpc) is 2.42. The van der Waals surface area contributed by atoms with E-state index in [9.17, 15) is 4.21 Å². The summed E-state index contributed by atoms with van der Waals surface area (Å²) in [4.78, 5) is 0. The summed E-state index contributed by atoms with van der Waals surface area (Å²) in [6.07, 6.45) is 2.75. The zero-order valence-corrected chi connectivity index (χ0v) is 10.2. The van der Waals surface area contributed by atoms with E-state index in [0.717, 1.165) is 12.2 Å². The number of aryl methyl sites for hydroxylation is 2. The van der Waals surface area contributed by atoms with E-state index in [1.54, 1.807) is 6.26 Å². The highest BCUT2D eigenvalue weighted by molar-refractivity contribution is 7.84. The maximum absolute atomic E-state index is 11.0. The van der Waals surface area contributed by atoms with Gasteiger partial charge in [0.2, 0.25) is 0 Å². The van der Waals surface area contributed by atoms with Crippen LogP contribution in [0.3, 0.4) is 0 Å². The van der Waals surface area contributed by atoms with Gasteiger partial charge in [-0.25, -0.2) is 0 Å². The second-order valence-corrected chi connectivity index (χ2v) is 5.46. The lowest BCUT2D eigenvalue weighted by atomic mass is 10.2. The number of hydrogen-bond donors (Lipinski definition) is 0. The predicted octanol–water partition coefficient (Wildman–Crippen LogP) is 2.43. The summed E-state index contributed by atoms with van der Waals surface area (Å²) >= 11 is 0. The number of aromatic nitrogens is 1. The van der Waals surface area contributed by atoms with Gasteiger partial charge in [-0.15, -0.1) is 0 Å². The van der Waals surface area contributed by atoms with Crippen LogP contribution >= 0.6 is 0 Å². The Bertz CT molecular complexity index is 311. The van der Waals surface area contributed by atoms with Gasteiger partial charge in [0.1, 0.15) is 0 Å². The van der Waals surface area contributed by atoms with E-state index in [2.05, 4.69) is 37.5 Å². The molecule has 0 N–H and O–H groups in total. The molecule has 0 aromatic carbocycles. The van der Waals surface area contributed by atoms with E-state index in [4.69, 9.17) is 0 Å². The van der Waals surface area contributed by atoms with Gasteiger partial charge in [-0.3, -0.25) is 4.21 Å². The smallest absolute Gasteiger partial charge is 0.0316 e. The minimum atomic E-state index is -0.674. The molecule has 2 nitrogen and oxygen atoms in total. The van der Waals surface area contributed by atoms with Crippen molar-refractivity contribution in [3.63, 3.8) is 0 Å². The van der Waals surface area contributed by atoms with Gasteiger partial charge in [0, 0.05) is 40.2 Å². The van der Waals surface area contributed by atoms with Crippen LogP contribution in [0.25, 0.3) is 0 Å². The zero-order valence-electron chi connectivity index (χ0n) is 9.41. The highest BCUT2D eigenvalue weighted by Gasteiger charge is 2.09. The summed E-state index contributed by atoms with van der Waals surface area (Å²) in [5.74, 6) is 0.790. The van der Waals surface area contributed by atoms with Crippen molar-refractivity contribution in [1.82, 2.24) is 4.57 Å². The summed E-state index contributed by atoms with van der Waals surface area (Å²) in [7, 11) is -0.674. The Balaban J connectivity index is 2.69. The number of nitrogens with zero attached hydrogens (tertiary/aromatic N) is 1. The molecule has 0 aliphatic rings. The van der Waals surface area contributed by atoms with Gasteiger partial charge in [0.25, 0.3) is 0 Å². The monoisotopic (exact) mass is 213 g/mol. The first-order valence-electron chi connectivity index (χ1n) is 4.97. The standard InChI is InChI=1S/C11H19NOS/c1-9-5-6-10(2)12(9)11(3)7-8-14(4)13/h5-6,11H,7-8H2,1-4H3. The van der Waals surface area contributed by atoms with E-state index < -0.39 is 10.8 Å². The first-order valence-corrected chi connectivity index (χ1v) is 6.69. The lowest BCUT2D eigenvalue weighted by molar-refractivity contribution is 0.513. The van der Waals surface area contributed by atoms with Crippen LogP contribution in [0.1, 0.15) is 30.8 Å². The van der Waals surface area contributed by atoms with E-state index >= 15 is 0 Å². The summed E-state index contributed by atoms with van der Waals surface area (Å²) in [6.45, 7) is 6.42. The molecule has 80 valence electrons. The minimum absolute atomic E-state index is 0.453. The third-order valence-electron chi connectivity index (χ3n) is 2.59. The fraction of sp³-hybridized carbons (Fsp3) is 0.636. The molecule has 3 heteroatoms. The molecule has 0 spiro atoms. The summed E-state index contributed by atoms with van der Waals surface area (Å²) in [5.41, 5.74) is 2.58. The van der Waals surface area contributed by atoms with Crippen LogP contribution in [-0.2, 0) is 10.8 Å². The van der Waals surface area contributed by atoms with Crippen LogP contribution in [0.2, 0.25) is 0 Å². The second kappa shape index (κ2) is 4.78. The van der Waals surface area contributed by atoms with Crippen molar-refractivity contribution in [3.8, 4) is 0 Å². The topological polar surface area (TPSA) is 22.0 Å². The SMILES string of the molecule is Cc1ccc(C)n1C(C)CCS(C)=O. The molecule has 14 heavy (non-hydrogen) atoms. The molecule has 0 fully saturated rings. The quantitative estimate of drug-likeness (QED) is 0.753.